The summed E-state index contributed by atoms with van der Waals surface area (Å²) in [5.41, 5.74) is 6.98. The minimum Gasteiger partial charge on any atom is -0.366 e. The van der Waals surface area contributed by atoms with Crippen LogP contribution >= 0.6 is 0 Å². The van der Waals surface area contributed by atoms with Crippen molar-refractivity contribution in [2.45, 2.75) is 24.2 Å². The quantitative estimate of drug-likeness (QED) is 0.733. The molecule has 1 heterocycles. The zero-order valence-corrected chi connectivity index (χ0v) is 16.2. The van der Waals surface area contributed by atoms with Gasteiger partial charge < -0.3 is 11.1 Å². The van der Waals surface area contributed by atoms with E-state index in [1.54, 1.807) is 18.2 Å². The summed E-state index contributed by atoms with van der Waals surface area (Å²) in [7, 11) is -3.48. The van der Waals surface area contributed by atoms with Gasteiger partial charge in [-0.25, -0.2) is 8.42 Å². The van der Waals surface area contributed by atoms with Crippen LogP contribution < -0.4 is 11.1 Å². The van der Waals surface area contributed by atoms with Crippen LogP contribution in [0.25, 0.3) is 0 Å². The first kappa shape index (κ1) is 20.0. The molecule has 2 aromatic rings. The highest BCUT2D eigenvalue weighted by Crippen LogP contribution is 2.21. The van der Waals surface area contributed by atoms with Gasteiger partial charge in [0, 0.05) is 30.8 Å². The first-order valence-electron chi connectivity index (χ1n) is 9.15. The van der Waals surface area contributed by atoms with Crippen LogP contribution in [-0.4, -0.2) is 44.2 Å². The van der Waals surface area contributed by atoms with Crippen molar-refractivity contribution in [3.05, 3.63) is 65.2 Å². The fraction of sp³-hybridized carbons (Fsp3) is 0.300. The third kappa shape index (κ3) is 4.58. The van der Waals surface area contributed by atoms with Crippen molar-refractivity contribution in [3.63, 3.8) is 0 Å². The van der Waals surface area contributed by atoms with Crippen molar-refractivity contribution >= 4 is 21.8 Å². The summed E-state index contributed by atoms with van der Waals surface area (Å²) >= 11 is 0. The second-order valence-electron chi connectivity index (χ2n) is 6.71. The molecule has 0 bridgehead atoms. The van der Waals surface area contributed by atoms with Crippen molar-refractivity contribution in [2.24, 2.45) is 5.73 Å². The second-order valence-corrected chi connectivity index (χ2v) is 8.64. The van der Waals surface area contributed by atoms with Crippen molar-refractivity contribution < 1.29 is 18.0 Å². The predicted molar refractivity (Wildman–Crippen MR) is 105 cm³/mol. The zero-order valence-electron chi connectivity index (χ0n) is 15.4. The minimum atomic E-state index is -3.48. The molecule has 28 heavy (non-hydrogen) atoms. The number of primary amides is 1. The maximum Gasteiger partial charge on any atom is 0.251 e. The van der Waals surface area contributed by atoms with Gasteiger partial charge >= 0.3 is 0 Å². The molecule has 0 aliphatic carbocycles. The summed E-state index contributed by atoms with van der Waals surface area (Å²) in [5, 5.41) is 2.79. The van der Waals surface area contributed by atoms with E-state index < -0.39 is 15.9 Å². The first-order valence-corrected chi connectivity index (χ1v) is 10.6. The van der Waals surface area contributed by atoms with Gasteiger partial charge in [-0.15, -0.1) is 0 Å². The Hall–Kier alpha value is -2.71. The van der Waals surface area contributed by atoms with Crippen LogP contribution in [0.4, 0.5) is 0 Å². The van der Waals surface area contributed by atoms with Crippen molar-refractivity contribution in [1.82, 2.24) is 9.62 Å². The number of nitrogens with zero attached hydrogens (tertiary/aromatic N) is 1. The van der Waals surface area contributed by atoms with Gasteiger partial charge in [0.05, 0.1) is 4.90 Å². The van der Waals surface area contributed by atoms with E-state index in [0.29, 0.717) is 37.2 Å². The lowest BCUT2D eigenvalue weighted by Crippen LogP contribution is -2.28. The van der Waals surface area contributed by atoms with Crippen LogP contribution in [0.15, 0.2) is 53.4 Å². The first-order chi connectivity index (χ1) is 13.4. The number of rotatable bonds is 7. The molecule has 0 saturated carbocycles. The topological polar surface area (TPSA) is 110 Å². The number of carbonyl (C=O) groups is 2. The number of nitrogens with two attached hydrogens (primary N) is 1. The number of hydrogen-bond donors (Lipinski definition) is 2. The van der Waals surface area contributed by atoms with Crippen molar-refractivity contribution in [3.8, 4) is 0 Å². The molecule has 3 rings (SSSR count). The fourth-order valence-corrected chi connectivity index (χ4v) is 4.68. The average Bonchev–Trinajstić information content (AvgIpc) is 3.24. The van der Waals surface area contributed by atoms with Crippen LogP contribution in [0.3, 0.4) is 0 Å². The lowest BCUT2D eigenvalue weighted by molar-refractivity contribution is 0.0952. The third-order valence-corrected chi connectivity index (χ3v) is 6.64. The molecule has 7 nitrogen and oxygen atoms in total. The molecule has 0 aromatic heterocycles. The van der Waals surface area contributed by atoms with E-state index in [1.165, 1.54) is 28.6 Å². The number of sulfonamides is 1. The maximum atomic E-state index is 12.5. The summed E-state index contributed by atoms with van der Waals surface area (Å²) < 4.78 is 26.5. The molecule has 2 amide bonds. The average molecular weight is 401 g/mol. The van der Waals surface area contributed by atoms with Crippen molar-refractivity contribution in [1.29, 1.82) is 0 Å². The highest BCUT2D eigenvalue weighted by Gasteiger charge is 2.27. The normalized spacial score (nSPS) is 14.7. The molecule has 1 saturated heterocycles. The Kier molecular flexibility index (Phi) is 6.11. The van der Waals surface area contributed by atoms with E-state index in [9.17, 15) is 18.0 Å². The Morgan fingerprint density at radius 1 is 1.00 bits per heavy atom. The van der Waals surface area contributed by atoms with Gasteiger partial charge in [0.1, 0.15) is 0 Å². The predicted octanol–water partition coefficient (Wildman–Crippen LogP) is 1.54. The van der Waals surface area contributed by atoms with Crippen molar-refractivity contribution in [2.75, 3.05) is 19.6 Å². The van der Waals surface area contributed by atoms with Gasteiger partial charge in [-0.3, -0.25) is 9.59 Å². The van der Waals surface area contributed by atoms with Gasteiger partial charge in [0.25, 0.3) is 5.91 Å². The van der Waals surface area contributed by atoms with Crippen LogP contribution in [0.2, 0.25) is 0 Å². The molecule has 1 aliphatic rings. The molecule has 1 aliphatic heterocycles. The lowest BCUT2D eigenvalue weighted by atomic mass is 10.1. The Bertz CT molecular complexity index is 965. The SMILES string of the molecule is NC(=O)c1cccc(CCNC(=O)c2ccc(S(=O)(=O)N3CCCC3)cc2)c1. The van der Waals surface area contributed by atoms with E-state index in [4.69, 9.17) is 5.73 Å². The van der Waals surface area contributed by atoms with Crippen LogP contribution in [0.1, 0.15) is 39.1 Å². The summed E-state index contributed by atoms with van der Waals surface area (Å²) in [6.45, 7) is 1.47. The minimum absolute atomic E-state index is 0.203. The monoisotopic (exact) mass is 401 g/mol. The molecule has 2 aromatic carbocycles. The van der Waals surface area contributed by atoms with Gasteiger partial charge in [-0.1, -0.05) is 12.1 Å². The van der Waals surface area contributed by atoms with Crippen LogP contribution in [0, 0.1) is 0 Å². The Labute approximate surface area is 164 Å². The highest BCUT2D eigenvalue weighted by molar-refractivity contribution is 7.89. The number of carbonyl (C=O) groups excluding carboxylic acids is 2. The van der Waals surface area contributed by atoms with Crippen LogP contribution in [0.5, 0.6) is 0 Å². The number of hydrogen-bond acceptors (Lipinski definition) is 4. The molecule has 8 heteroatoms. The van der Waals surface area contributed by atoms with E-state index in [-0.39, 0.29) is 10.8 Å². The Morgan fingerprint density at radius 3 is 2.32 bits per heavy atom. The Morgan fingerprint density at radius 2 is 1.68 bits per heavy atom. The smallest absolute Gasteiger partial charge is 0.251 e. The largest absolute Gasteiger partial charge is 0.366 e. The summed E-state index contributed by atoms with van der Waals surface area (Å²) in [6.07, 6.45) is 2.30. The molecule has 0 unspecified atom stereocenters. The third-order valence-electron chi connectivity index (χ3n) is 4.73. The standard InChI is InChI=1S/C20H23N3O4S/c21-19(24)17-5-3-4-15(14-17)10-11-22-20(25)16-6-8-18(9-7-16)28(26,27)23-12-1-2-13-23/h3-9,14H,1-2,10-13H2,(H2,21,24)(H,22,25). The molecule has 3 N–H and O–H groups in total. The number of nitrogens with one attached hydrogen (secondary N) is 1. The molecular weight excluding hydrogens is 378 g/mol. The molecule has 1 fully saturated rings. The molecule has 0 atom stereocenters. The summed E-state index contributed by atoms with van der Waals surface area (Å²) in [5.74, 6) is -0.772. The maximum absolute atomic E-state index is 12.5. The van der Waals surface area contributed by atoms with Gasteiger partial charge in [0.2, 0.25) is 15.9 Å². The van der Waals surface area contributed by atoms with Gasteiger partial charge in [-0.05, 0) is 61.2 Å². The summed E-state index contributed by atoms with van der Waals surface area (Å²) in [4.78, 5) is 23.7. The summed E-state index contributed by atoms with van der Waals surface area (Å²) in [6, 6.07) is 12.9. The zero-order chi connectivity index (χ0) is 20.1. The van der Waals surface area contributed by atoms with Gasteiger partial charge in [-0.2, -0.15) is 4.31 Å². The second kappa shape index (κ2) is 8.53. The van der Waals surface area contributed by atoms with E-state index in [2.05, 4.69) is 5.32 Å². The molecule has 0 spiro atoms. The highest BCUT2D eigenvalue weighted by atomic mass is 32.2. The molecule has 148 valence electrons. The Balaban J connectivity index is 1.58. The molecule has 0 radical (unpaired) electrons. The molecular formula is C20H23N3O4S. The number of benzene rings is 2. The van der Waals surface area contributed by atoms with E-state index in [1.807, 2.05) is 6.07 Å². The van der Waals surface area contributed by atoms with Gasteiger partial charge in [0.15, 0.2) is 0 Å². The van der Waals surface area contributed by atoms with E-state index >= 15 is 0 Å². The van der Waals surface area contributed by atoms with E-state index in [0.717, 1.165) is 18.4 Å². The number of amides is 2. The fourth-order valence-electron chi connectivity index (χ4n) is 3.16. The lowest BCUT2D eigenvalue weighted by Gasteiger charge is -2.15. The van der Waals surface area contributed by atoms with Crippen LogP contribution in [-0.2, 0) is 16.4 Å².